The van der Waals surface area contributed by atoms with E-state index in [1.165, 1.54) is 26.4 Å². The molecular formula is C13H17NO6. The number of esters is 1. The third kappa shape index (κ3) is 3.53. The summed E-state index contributed by atoms with van der Waals surface area (Å²) in [5, 5.41) is 12.3. The van der Waals surface area contributed by atoms with Gasteiger partial charge in [-0.15, -0.1) is 0 Å². The van der Waals surface area contributed by atoms with Crippen molar-refractivity contribution in [2.45, 2.75) is 6.92 Å². The van der Waals surface area contributed by atoms with Crippen LogP contribution in [0.1, 0.15) is 17.3 Å². The van der Waals surface area contributed by atoms with Crippen molar-refractivity contribution in [2.24, 2.45) is 0 Å². The van der Waals surface area contributed by atoms with Crippen LogP contribution in [0.4, 0.5) is 0 Å². The first-order valence-corrected chi connectivity index (χ1v) is 5.92. The summed E-state index contributed by atoms with van der Waals surface area (Å²) in [5.74, 6) is -1.17. The summed E-state index contributed by atoms with van der Waals surface area (Å²) in [7, 11) is 2.76. The van der Waals surface area contributed by atoms with Crippen molar-refractivity contribution in [2.75, 3.05) is 27.4 Å². The number of hydrogen-bond donors (Lipinski definition) is 2. The van der Waals surface area contributed by atoms with E-state index in [0.717, 1.165) is 0 Å². The number of hydrogen-bond acceptors (Lipinski definition) is 6. The number of phenols is 1. The van der Waals surface area contributed by atoms with Gasteiger partial charge in [0, 0.05) is 0 Å². The van der Waals surface area contributed by atoms with Crippen LogP contribution in [0.2, 0.25) is 0 Å². The molecule has 7 heteroatoms. The number of methoxy groups -OCH3 is 2. The van der Waals surface area contributed by atoms with E-state index >= 15 is 0 Å². The summed E-state index contributed by atoms with van der Waals surface area (Å²) in [6.45, 7) is 1.62. The van der Waals surface area contributed by atoms with E-state index in [1.807, 2.05) is 0 Å². The highest BCUT2D eigenvalue weighted by Crippen LogP contribution is 2.38. The van der Waals surface area contributed by atoms with Crippen molar-refractivity contribution < 1.29 is 28.9 Å². The molecular weight excluding hydrogens is 266 g/mol. The Kier molecular flexibility index (Phi) is 5.64. The number of nitrogens with one attached hydrogen (secondary N) is 1. The average Bonchev–Trinajstić information content (AvgIpc) is 2.44. The van der Waals surface area contributed by atoms with E-state index in [4.69, 9.17) is 9.47 Å². The molecule has 0 heterocycles. The Labute approximate surface area is 116 Å². The summed E-state index contributed by atoms with van der Waals surface area (Å²) in [5.41, 5.74) is -0.0213. The van der Waals surface area contributed by atoms with Crippen molar-refractivity contribution in [3.63, 3.8) is 0 Å². The predicted octanol–water partition coefficient (Wildman–Crippen LogP) is 0.702. The molecule has 0 fully saturated rings. The number of benzene rings is 1. The maximum atomic E-state index is 11.9. The van der Waals surface area contributed by atoms with Crippen molar-refractivity contribution in [1.82, 2.24) is 5.32 Å². The first-order chi connectivity index (χ1) is 9.54. The molecule has 1 aromatic carbocycles. The normalized spacial score (nSPS) is 9.75. The summed E-state index contributed by atoms with van der Waals surface area (Å²) >= 11 is 0. The lowest BCUT2D eigenvalue weighted by molar-refractivity contribution is -0.141. The first kappa shape index (κ1) is 15.6. The predicted molar refractivity (Wildman–Crippen MR) is 70.2 cm³/mol. The molecule has 0 atom stereocenters. The molecule has 110 valence electrons. The Hall–Kier alpha value is -2.44. The number of ether oxygens (including phenoxy) is 3. The van der Waals surface area contributed by atoms with Gasteiger partial charge in [0.15, 0.2) is 11.5 Å². The highest BCUT2D eigenvalue weighted by Gasteiger charge is 2.19. The molecule has 0 aliphatic rings. The lowest BCUT2D eigenvalue weighted by atomic mass is 10.1. The lowest BCUT2D eigenvalue weighted by Crippen LogP contribution is -2.30. The molecule has 0 saturated carbocycles. The minimum absolute atomic E-state index is 0.0213. The Morgan fingerprint density at radius 1 is 1.25 bits per heavy atom. The summed E-state index contributed by atoms with van der Waals surface area (Å²) in [6, 6.07) is 2.86. The third-order valence-electron chi connectivity index (χ3n) is 2.46. The molecule has 0 aliphatic heterocycles. The van der Waals surface area contributed by atoms with Gasteiger partial charge in [-0.05, 0) is 19.1 Å². The molecule has 7 nitrogen and oxygen atoms in total. The fourth-order valence-corrected chi connectivity index (χ4v) is 1.55. The molecule has 0 unspecified atom stereocenters. The van der Waals surface area contributed by atoms with Gasteiger partial charge in [-0.2, -0.15) is 0 Å². The Bertz CT molecular complexity index is 500. The SMILES string of the molecule is CCOC(=O)CNC(=O)c1ccc(OC)c(OC)c1O. The molecule has 0 aromatic heterocycles. The molecule has 20 heavy (non-hydrogen) atoms. The van der Waals surface area contributed by atoms with Crippen molar-refractivity contribution in [1.29, 1.82) is 0 Å². The average molecular weight is 283 g/mol. The number of carbonyl (C=O) groups is 2. The van der Waals surface area contributed by atoms with E-state index < -0.39 is 11.9 Å². The minimum Gasteiger partial charge on any atom is -0.504 e. The molecule has 2 N–H and O–H groups in total. The van der Waals surface area contributed by atoms with Gasteiger partial charge in [0.25, 0.3) is 5.91 Å². The second-order valence-corrected chi connectivity index (χ2v) is 3.68. The Morgan fingerprint density at radius 2 is 1.95 bits per heavy atom. The van der Waals surface area contributed by atoms with Gasteiger partial charge < -0.3 is 24.6 Å². The van der Waals surface area contributed by atoms with Crippen LogP contribution in [-0.2, 0) is 9.53 Å². The van der Waals surface area contributed by atoms with Gasteiger partial charge >= 0.3 is 5.97 Å². The van der Waals surface area contributed by atoms with Crippen molar-refractivity contribution in [3.8, 4) is 17.2 Å². The van der Waals surface area contributed by atoms with Gasteiger partial charge in [-0.3, -0.25) is 9.59 Å². The largest absolute Gasteiger partial charge is 0.504 e. The second kappa shape index (κ2) is 7.22. The monoisotopic (exact) mass is 283 g/mol. The van der Waals surface area contributed by atoms with E-state index in [-0.39, 0.29) is 30.2 Å². The fourth-order valence-electron chi connectivity index (χ4n) is 1.55. The zero-order valence-electron chi connectivity index (χ0n) is 11.6. The minimum atomic E-state index is -0.614. The summed E-state index contributed by atoms with van der Waals surface area (Å²) < 4.78 is 14.6. The van der Waals surface area contributed by atoms with Gasteiger partial charge in [-0.1, -0.05) is 0 Å². The third-order valence-corrected chi connectivity index (χ3v) is 2.46. The van der Waals surface area contributed by atoms with Crippen LogP contribution in [0, 0.1) is 0 Å². The second-order valence-electron chi connectivity index (χ2n) is 3.68. The molecule has 0 aliphatic carbocycles. The Morgan fingerprint density at radius 3 is 2.50 bits per heavy atom. The van der Waals surface area contributed by atoms with Gasteiger partial charge in [0.1, 0.15) is 6.54 Å². The van der Waals surface area contributed by atoms with Gasteiger partial charge in [0.05, 0.1) is 26.4 Å². The highest BCUT2D eigenvalue weighted by atomic mass is 16.5. The van der Waals surface area contributed by atoms with E-state index in [0.29, 0.717) is 5.75 Å². The summed E-state index contributed by atoms with van der Waals surface area (Å²) in [6.07, 6.45) is 0. The first-order valence-electron chi connectivity index (χ1n) is 5.92. The van der Waals surface area contributed by atoms with E-state index in [1.54, 1.807) is 6.92 Å². The van der Waals surface area contributed by atoms with Gasteiger partial charge in [-0.25, -0.2) is 0 Å². The molecule has 0 saturated heterocycles. The van der Waals surface area contributed by atoms with Crippen LogP contribution >= 0.6 is 0 Å². The molecule has 0 bridgehead atoms. The number of amides is 1. The zero-order valence-corrected chi connectivity index (χ0v) is 11.6. The zero-order chi connectivity index (χ0) is 15.1. The summed E-state index contributed by atoms with van der Waals surface area (Å²) in [4.78, 5) is 23.0. The maximum absolute atomic E-state index is 11.9. The topological polar surface area (TPSA) is 94.1 Å². The standard InChI is InChI=1S/C13H17NO6/c1-4-20-10(15)7-14-13(17)8-5-6-9(18-2)12(19-3)11(8)16/h5-6,16H,4,7H2,1-3H3,(H,14,17). The number of carbonyl (C=O) groups excluding carboxylic acids is 2. The molecule has 0 radical (unpaired) electrons. The van der Waals surface area contributed by atoms with Crippen LogP contribution < -0.4 is 14.8 Å². The van der Waals surface area contributed by atoms with Gasteiger partial charge in [0.2, 0.25) is 5.75 Å². The smallest absolute Gasteiger partial charge is 0.325 e. The Balaban J connectivity index is 2.86. The van der Waals surface area contributed by atoms with Crippen LogP contribution in [-0.4, -0.2) is 44.4 Å². The highest BCUT2D eigenvalue weighted by molar-refractivity contribution is 5.99. The molecule has 1 aromatic rings. The molecule has 1 amide bonds. The van der Waals surface area contributed by atoms with Crippen molar-refractivity contribution in [3.05, 3.63) is 17.7 Å². The quantitative estimate of drug-likeness (QED) is 0.746. The number of aromatic hydroxyl groups is 1. The van der Waals surface area contributed by atoms with Crippen LogP contribution in [0.25, 0.3) is 0 Å². The number of rotatable bonds is 6. The maximum Gasteiger partial charge on any atom is 0.325 e. The van der Waals surface area contributed by atoms with Crippen LogP contribution in [0.5, 0.6) is 17.2 Å². The molecule has 1 rings (SSSR count). The molecule has 0 spiro atoms. The van der Waals surface area contributed by atoms with E-state index in [2.05, 4.69) is 10.1 Å². The fraction of sp³-hybridized carbons (Fsp3) is 0.385. The van der Waals surface area contributed by atoms with Crippen LogP contribution in [0.15, 0.2) is 12.1 Å². The van der Waals surface area contributed by atoms with Crippen molar-refractivity contribution >= 4 is 11.9 Å². The van der Waals surface area contributed by atoms with E-state index in [9.17, 15) is 14.7 Å². The van der Waals surface area contributed by atoms with Crippen LogP contribution in [0.3, 0.4) is 0 Å². The number of phenolic OH excluding ortho intramolecular Hbond substituents is 1. The lowest BCUT2D eigenvalue weighted by Gasteiger charge is -2.12.